The molecule has 3 nitrogen and oxygen atoms in total. The van der Waals surface area contributed by atoms with Gasteiger partial charge in [-0.2, -0.15) is 0 Å². The minimum Gasteiger partial charge on any atom is -0.481 e. The quantitative estimate of drug-likeness (QED) is 0.850. The fraction of sp³-hybridized carbons (Fsp3) is 0.500. The molecule has 1 aliphatic rings. The topological polar surface area (TPSA) is 40.5 Å². The number of likely N-dealkylation sites (tertiary alicyclic amines) is 1. The molecular formula is C14H19NO2. The molecule has 0 bridgehead atoms. The van der Waals surface area contributed by atoms with Gasteiger partial charge in [-0.25, -0.2) is 0 Å². The molecule has 1 saturated heterocycles. The lowest BCUT2D eigenvalue weighted by atomic mass is 9.74. The third-order valence-corrected chi connectivity index (χ3v) is 3.80. The molecule has 1 heterocycles. The average molecular weight is 233 g/mol. The number of benzene rings is 1. The molecule has 92 valence electrons. The van der Waals surface area contributed by atoms with Gasteiger partial charge in [0, 0.05) is 0 Å². The number of carbonyl (C=O) groups is 1. The highest BCUT2D eigenvalue weighted by Crippen LogP contribution is 2.35. The number of aliphatic carboxylic acids is 1. The largest absolute Gasteiger partial charge is 0.481 e. The van der Waals surface area contributed by atoms with Crippen LogP contribution in [0.5, 0.6) is 0 Å². The number of hydrogen-bond donors (Lipinski definition) is 1. The second-order valence-electron chi connectivity index (χ2n) is 4.91. The van der Waals surface area contributed by atoms with Crippen molar-refractivity contribution in [2.75, 3.05) is 20.1 Å². The molecule has 0 radical (unpaired) electrons. The van der Waals surface area contributed by atoms with E-state index in [1.807, 2.05) is 30.3 Å². The van der Waals surface area contributed by atoms with Gasteiger partial charge in [-0.3, -0.25) is 4.79 Å². The Morgan fingerprint density at radius 2 is 1.94 bits per heavy atom. The Morgan fingerprint density at radius 3 is 2.59 bits per heavy atom. The van der Waals surface area contributed by atoms with Crippen LogP contribution in [0.1, 0.15) is 24.8 Å². The first-order chi connectivity index (χ1) is 8.15. The van der Waals surface area contributed by atoms with Crippen LogP contribution < -0.4 is 0 Å². The van der Waals surface area contributed by atoms with Crippen molar-refractivity contribution in [3.05, 3.63) is 35.9 Å². The maximum absolute atomic E-state index is 11.7. The van der Waals surface area contributed by atoms with E-state index in [-0.39, 0.29) is 0 Å². The Hall–Kier alpha value is -1.35. The van der Waals surface area contributed by atoms with Crippen molar-refractivity contribution in [3.8, 4) is 0 Å². The Balaban J connectivity index is 2.36. The highest BCUT2D eigenvalue weighted by molar-refractivity contribution is 5.81. The summed E-state index contributed by atoms with van der Waals surface area (Å²) in [7, 11) is 2.06. The van der Waals surface area contributed by atoms with Crippen molar-refractivity contribution >= 4 is 5.97 Å². The van der Waals surface area contributed by atoms with Crippen LogP contribution in [0.2, 0.25) is 0 Å². The zero-order chi connectivity index (χ0) is 12.3. The Labute approximate surface area is 102 Å². The van der Waals surface area contributed by atoms with Gasteiger partial charge in [-0.1, -0.05) is 30.3 Å². The average Bonchev–Trinajstić information content (AvgIpc) is 2.53. The summed E-state index contributed by atoms with van der Waals surface area (Å²) in [6.07, 6.45) is 2.37. The fourth-order valence-corrected chi connectivity index (χ4v) is 2.65. The van der Waals surface area contributed by atoms with Gasteiger partial charge in [-0.15, -0.1) is 0 Å². The van der Waals surface area contributed by atoms with E-state index >= 15 is 0 Å². The van der Waals surface area contributed by atoms with E-state index in [0.29, 0.717) is 6.42 Å². The summed E-state index contributed by atoms with van der Waals surface area (Å²) in [5.41, 5.74) is 0.259. The number of carboxylic acids is 1. The highest BCUT2D eigenvalue weighted by atomic mass is 16.4. The summed E-state index contributed by atoms with van der Waals surface area (Å²) in [5, 5.41) is 9.63. The third kappa shape index (κ3) is 2.34. The van der Waals surface area contributed by atoms with Crippen molar-refractivity contribution in [1.82, 2.24) is 4.90 Å². The van der Waals surface area contributed by atoms with Crippen molar-refractivity contribution in [3.63, 3.8) is 0 Å². The van der Waals surface area contributed by atoms with Gasteiger partial charge in [-0.05, 0) is 45.0 Å². The van der Waals surface area contributed by atoms with Crippen LogP contribution in [0, 0.1) is 0 Å². The molecule has 0 amide bonds. The van der Waals surface area contributed by atoms with Gasteiger partial charge >= 0.3 is 5.97 Å². The highest BCUT2D eigenvalue weighted by Gasteiger charge is 2.40. The predicted octanol–water partition coefficient (Wildman–Crippen LogP) is 2.12. The molecule has 1 aromatic carbocycles. The van der Waals surface area contributed by atoms with Gasteiger partial charge < -0.3 is 10.0 Å². The van der Waals surface area contributed by atoms with Crippen molar-refractivity contribution in [2.45, 2.75) is 24.7 Å². The van der Waals surface area contributed by atoms with Crippen LogP contribution in [0.15, 0.2) is 30.3 Å². The number of nitrogens with zero attached hydrogens (tertiary/aromatic N) is 1. The van der Waals surface area contributed by atoms with E-state index in [9.17, 15) is 9.90 Å². The molecule has 3 heteroatoms. The summed E-state index contributed by atoms with van der Waals surface area (Å²) >= 11 is 0. The number of rotatable bonds is 2. The molecule has 1 fully saturated rings. The van der Waals surface area contributed by atoms with Crippen LogP contribution in [-0.4, -0.2) is 36.1 Å². The lowest BCUT2D eigenvalue weighted by Gasteiger charge is -2.28. The van der Waals surface area contributed by atoms with E-state index in [1.54, 1.807) is 0 Å². The smallest absolute Gasteiger partial charge is 0.314 e. The monoisotopic (exact) mass is 233 g/mol. The van der Waals surface area contributed by atoms with E-state index in [2.05, 4.69) is 11.9 Å². The summed E-state index contributed by atoms with van der Waals surface area (Å²) in [6, 6.07) is 9.67. The van der Waals surface area contributed by atoms with E-state index < -0.39 is 11.4 Å². The van der Waals surface area contributed by atoms with Crippen LogP contribution >= 0.6 is 0 Å². The molecule has 2 rings (SSSR count). The van der Waals surface area contributed by atoms with E-state index in [4.69, 9.17) is 0 Å². The lowest BCUT2D eigenvalue weighted by molar-refractivity contribution is -0.144. The van der Waals surface area contributed by atoms with Crippen LogP contribution in [0.25, 0.3) is 0 Å². The minimum absolute atomic E-state index is 0.681. The minimum atomic E-state index is -0.688. The Morgan fingerprint density at radius 1 is 1.24 bits per heavy atom. The SMILES string of the molecule is CN1CCC[C@](C(=O)O)(c2ccccc2)CC1. The Kier molecular flexibility index (Phi) is 3.48. The summed E-state index contributed by atoms with van der Waals surface area (Å²) in [5.74, 6) is -0.681. The molecule has 17 heavy (non-hydrogen) atoms. The zero-order valence-corrected chi connectivity index (χ0v) is 10.2. The molecule has 1 aliphatic heterocycles. The molecule has 1 atom stereocenters. The third-order valence-electron chi connectivity index (χ3n) is 3.80. The normalized spacial score (nSPS) is 26.4. The van der Waals surface area contributed by atoms with Crippen LogP contribution in [0.4, 0.5) is 0 Å². The second kappa shape index (κ2) is 4.88. The van der Waals surface area contributed by atoms with E-state index in [1.165, 1.54) is 0 Å². The van der Waals surface area contributed by atoms with Gasteiger partial charge in [0.25, 0.3) is 0 Å². The predicted molar refractivity (Wildman–Crippen MR) is 67.1 cm³/mol. The molecular weight excluding hydrogens is 214 g/mol. The van der Waals surface area contributed by atoms with Crippen molar-refractivity contribution in [2.24, 2.45) is 0 Å². The van der Waals surface area contributed by atoms with Crippen LogP contribution in [-0.2, 0) is 10.2 Å². The first kappa shape index (κ1) is 12.1. The van der Waals surface area contributed by atoms with Gasteiger partial charge in [0.15, 0.2) is 0 Å². The zero-order valence-electron chi connectivity index (χ0n) is 10.2. The standard InChI is InChI=1S/C14H19NO2/c1-15-10-5-8-14(9-11-15,13(16)17)12-6-3-2-4-7-12/h2-4,6-7H,5,8-11H2,1H3,(H,16,17)/t14-/m1/s1. The molecule has 0 aromatic heterocycles. The first-order valence-corrected chi connectivity index (χ1v) is 6.13. The molecule has 0 saturated carbocycles. The first-order valence-electron chi connectivity index (χ1n) is 6.13. The molecule has 0 unspecified atom stereocenters. The number of hydrogen-bond acceptors (Lipinski definition) is 2. The van der Waals surface area contributed by atoms with Gasteiger partial charge in [0.1, 0.15) is 0 Å². The van der Waals surface area contributed by atoms with Gasteiger partial charge in [0.2, 0.25) is 0 Å². The second-order valence-corrected chi connectivity index (χ2v) is 4.91. The number of carboxylic acid groups (broad SMARTS) is 1. The molecule has 1 N–H and O–H groups in total. The summed E-state index contributed by atoms with van der Waals surface area (Å²) in [4.78, 5) is 13.9. The van der Waals surface area contributed by atoms with Crippen molar-refractivity contribution in [1.29, 1.82) is 0 Å². The maximum Gasteiger partial charge on any atom is 0.314 e. The van der Waals surface area contributed by atoms with Crippen LogP contribution in [0.3, 0.4) is 0 Å². The summed E-state index contributed by atoms with van der Waals surface area (Å²) < 4.78 is 0. The molecule has 1 aromatic rings. The maximum atomic E-state index is 11.7. The fourth-order valence-electron chi connectivity index (χ4n) is 2.65. The lowest BCUT2D eigenvalue weighted by Crippen LogP contribution is -2.36. The van der Waals surface area contributed by atoms with E-state index in [0.717, 1.165) is 31.5 Å². The summed E-state index contributed by atoms with van der Waals surface area (Å²) in [6.45, 7) is 1.84. The van der Waals surface area contributed by atoms with Crippen molar-refractivity contribution < 1.29 is 9.90 Å². The Bertz CT molecular complexity index is 390. The van der Waals surface area contributed by atoms with Gasteiger partial charge in [0.05, 0.1) is 5.41 Å². The molecule has 0 spiro atoms. The molecule has 0 aliphatic carbocycles.